The molecule has 0 aromatic heterocycles. The minimum Gasteiger partial charge on any atom is -0.366 e. The molecule has 1 saturated heterocycles. The van der Waals surface area contributed by atoms with Crippen LogP contribution in [0.3, 0.4) is 0 Å². The van der Waals surface area contributed by atoms with Gasteiger partial charge in [-0.25, -0.2) is 4.39 Å². The van der Waals surface area contributed by atoms with Crippen molar-refractivity contribution >= 4 is 0 Å². The van der Waals surface area contributed by atoms with E-state index in [1.807, 2.05) is 0 Å². The summed E-state index contributed by atoms with van der Waals surface area (Å²) >= 11 is 0. The predicted octanol–water partition coefficient (Wildman–Crippen LogP) is 1.21. The molecule has 0 saturated carbocycles. The van der Waals surface area contributed by atoms with E-state index in [1.165, 1.54) is 0 Å². The van der Waals surface area contributed by atoms with E-state index in [2.05, 4.69) is 21.1 Å². The van der Waals surface area contributed by atoms with E-state index in [-0.39, 0.29) is 12.2 Å². The van der Waals surface area contributed by atoms with Crippen LogP contribution in [0.4, 0.5) is 4.39 Å². The zero-order chi connectivity index (χ0) is 9.35. The van der Waals surface area contributed by atoms with Crippen LogP contribution < -0.4 is 0 Å². The first kappa shape index (κ1) is 9.93. The average Bonchev–Trinajstić information content (AvgIpc) is 2.07. The van der Waals surface area contributed by atoms with Gasteiger partial charge in [-0.2, -0.15) is 0 Å². The van der Waals surface area contributed by atoms with Gasteiger partial charge in [0.1, 0.15) is 18.8 Å². The topological polar surface area (TPSA) is 9.23 Å². The summed E-state index contributed by atoms with van der Waals surface area (Å²) in [5, 5.41) is 0. The van der Waals surface area contributed by atoms with Gasteiger partial charge in [-0.05, 0) is 6.92 Å². The van der Waals surface area contributed by atoms with Crippen molar-refractivity contribution in [1.29, 1.82) is 0 Å². The van der Waals surface area contributed by atoms with Crippen LogP contribution in [0.5, 0.6) is 0 Å². The molecule has 3 atom stereocenters. The van der Waals surface area contributed by atoms with Crippen molar-refractivity contribution in [3.63, 3.8) is 0 Å². The molecule has 0 spiro atoms. The second-order valence-electron chi connectivity index (χ2n) is 4.69. The van der Waals surface area contributed by atoms with Crippen molar-refractivity contribution in [3.05, 3.63) is 0 Å². The smallest absolute Gasteiger partial charge is 0.129 e. The summed E-state index contributed by atoms with van der Waals surface area (Å²) in [7, 11) is 6.29. The van der Waals surface area contributed by atoms with Crippen LogP contribution >= 0.6 is 0 Å². The first-order chi connectivity index (χ1) is 5.38. The number of quaternary nitrogens is 1. The molecule has 12 heavy (non-hydrogen) atoms. The highest BCUT2D eigenvalue weighted by molar-refractivity contribution is 4.78. The second-order valence-corrected chi connectivity index (χ2v) is 4.69. The van der Waals surface area contributed by atoms with E-state index in [0.717, 1.165) is 11.0 Å². The van der Waals surface area contributed by atoms with Gasteiger partial charge in [-0.1, -0.05) is 0 Å². The third kappa shape index (κ3) is 2.72. The zero-order valence-corrected chi connectivity index (χ0v) is 8.38. The fraction of sp³-hybridized carbons (Fsp3) is 1.00. The number of halogens is 1. The fourth-order valence-corrected chi connectivity index (χ4v) is 1.62. The summed E-state index contributed by atoms with van der Waals surface area (Å²) in [5.74, 6) is 0. The van der Waals surface area contributed by atoms with Crippen LogP contribution in [-0.2, 0) is 4.74 Å². The molecule has 1 fully saturated rings. The zero-order valence-electron chi connectivity index (χ0n) is 8.38. The Balaban J connectivity index is 2.38. The predicted molar refractivity (Wildman–Crippen MR) is 46.7 cm³/mol. The van der Waals surface area contributed by atoms with Crippen LogP contribution in [0.25, 0.3) is 0 Å². The van der Waals surface area contributed by atoms with Gasteiger partial charge in [0, 0.05) is 6.42 Å². The molecule has 0 bridgehead atoms. The lowest BCUT2D eigenvalue weighted by Gasteiger charge is -2.26. The van der Waals surface area contributed by atoms with Gasteiger partial charge >= 0.3 is 0 Å². The molecule has 2 nitrogen and oxygen atoms in total. The molecule has 1 aliphatic heterocycles. The van der Waals surface area contributed by atoms with Gasteiger partial charge in [0.05, 0.1) is 27.2 Å². The number of nitrogens with zero attached hydrogens (tertiary/aromatic N) is 1. The van der Waals surface area contributed by atoms with E-state index >= 15 is 0 Å². The van der Waals surface area contributed by atoms with Gasteiger partial charge in [0.2, 0.25) is 0 Å². The highest BCUT2D eigenvalue weighted by atomic mass is 19.1. The minimum absolute atomic E-state index is 0.106. The fourth-order valence-electron chi connectivity index (χ4n) is 1.62. The molecule has 0 aromatic carbocycles. The maximum Gasteiger partial charge on any atom is 0.129 e. The minimum atomic E-state index is -0.762. The van der Waals surface area contributed by atoms with Crippen molar-refractivity contribution < 1.29 is 13.6 Å². The Morgan fingerprint density at radius 2 is 2.00 bits per heavy atom. The Morgan fingerprint density at radius 3 is 2.33 bits per heavy atom. The number of hydrogen-bond donors (Lipinski definition) is 0. The molecule has 1 rings (SSSR count). The quantitative estimate of drug-likeness (QED) is 0.575. The SMILES string of the molecule is C[C@@H]1O[C@@H](C[N+](C)(C)C)C[C@@H]1F. The summed E-state index contributed by atoms with van der Waals surface area (Å²) < 4.78 is 19.3. The lowest BCUT2D eigenvalue weighted by molar-refractivity contribution is -0.873. The Labute approximate surface area is 73.9 Å². The lowest BCUT2D eigenvalue weighted by atomic mass is 10.1. The van der Waals surface area contributed by atoms with Crippen molar-refractivity contribution in [2.24, 2.45) is 0 Å². The summed E-state index contributed by atoms with van der Waals surface area (Å²) in [6.45, 7) is 2.70. The molecular formula is C9H19FNO+. The number of hydrogen-bond acceptors (Lipinski definition) is 1. The molecular weight excluding hydrogens is 157 g/mol. The molecule has 0 amide bonds. The molecule has 0 aromatic rings. The van der Waals surface area contributed by atoms with E-state index in [0.29, 0.717) is 6.42 Å². The summed E-state index contributed by atoms with van der Waals surface area (Å²) in [6.07, 6.45) is -0.297. The molecule has 1 heterocycles. The number of likely N-dealkylation sites (N-methyl/N-ethyl adjacent to an activating group) is 1. The first-order valence-corrected chi connectivity index (χ1v) is 4.48. The van der Waals surface area contributed by atoms with Gasteiger partial charge < -0.3 is 9.22 Å². The van der Waals surface area contributed by atoms with Crippen molar-refractivity contribution in [2.45, 2.75) is 31.7 Å². The van der Waals surface area contributed by atoms with Crippen molar-refractivity contribution in [3.8, 4) is 0 Å². The van der Waals surface area contributed by atoms with E-state index < -0.39 is 6.17 Å². The third-order valence-corrected chi connectivity index (χ3v) is 2.16. The van der Waals surface area contributed by atoms with Gasteiger partial charge in [0.25, 0.3) is 0 Å². The van der Waals surface area contributed by atoms with Gasteiger partial charge in [0.15, 0.2) is 0 Å². The highest BCUT2D eigenvalue weighted by Gasteiger charge is 2.34. The second kappa shape index (κ2) is 3.30. The Hall–Kier alpha value is -0.150. The van der Waals surface area contributed by atoms with Crippen molar-refractivity contribution in [2.75, 3.05) is 27.7 Å². The normalized spacial score (nSPS) is 37.2. The van der Waals surface area contributed by atoms with Crippen LogP contribution in [0, 0.1) is 0 Å². The molecule has 72 valence electrons. The van der Waals surface area contributed by atoms with Crippen LogP contribution in [-0.4, -0.2) is 50.6 Å². The Morgan fingerprint density at radius 1 is 1.42 bits per heavy atom. The average molecular weight is 176 g/mol. The van der Waals surface area contributed by atoms with Crippen LogP contribution in [0.15, 0.2) is 0 Å². The Kier molecular flexibility index (Phi) is 2.74. The summed E-state index contributed by atoms with van der Waals surface area (Å²) in [6, 6.07) is 0. The Bertz CT molecular complexity index is 145. The molecule has 1 aliphatic rings. The van der Waals surface area contributed by atoms with Gasteiger partial charge in [-0.15, -0.1) is 0 Å². The first-order valence-electron chi connectivity index (χ1n) is 4.48. The molecule has 0 radical (unpaired) electrons. The number of alkyl halides is 1. The highest BCUT2D eigenvalue weighted by Crippen LogP contribution is 2.23. The van der Waals surface area contributed by atoms with Gasteiger partial charge in [-0.3, -0.25) is 0 Å². The standard InChI is InChI=1S/C9H19FNO/c1-7-9(10)5-8(12-7)6-11(2,3)4/h7-9H,5-6H2,1-4H3/q+1/t7-,8+,9-/m0/s1. The third-order valence-electron chi connectivity index (χ3n) is 2.16. The summed E-state index contributed by atoms with van der Waals surface area (Å²) in [5.41, 5.74) is 0. The van der Waals surface area contributed by atoms with E-state index in [1.54, 1.807) is 6.92 Å². The molecule has 0 unspecified atom stereocenters. The maximum absolute atomic E-state index is 13.0. The molecule has 0 aliphatic carbocycles. The van der Waals surface area contributed by atoms with Crippen molar-refractivity contribution in [1.82, 2.24) is 0 Å². The largest absolute Gasteiger partial charge is 0.366 e. The molecule has 0 N–H and O–H groups in total. The maximum atomic E-state index is 13.0. The van der Waals surface area contributed by atoms with Crippen LogP contribution in [0.2, 0.25) is 0 Å². The number of ether oxygens (including phenoxy) is 1. The number of rotatable bonds is 2. The monoisotopic (exact) mass is 176 g/mol. The summed E-state index contributed by atoms with van der Waals surface area (Å²) in [4.78, 5) is 0. The lowest BCUT2D eigenvalue weighted by Crippen LogP contribution is -2.41. The van der Waals surface area contributed by atoms with E-state index in [4.69, 9.17) is 4.74 Å². The van der Waals surface area contributed by atoms with E-state index in [9.17, 15) is 4.39 Å². The van der Waals surface area contributed by atoms with Crippen LogP contribution in [0.1, 0.15) is 13.3 Å². The molecule has 3 heteroatoms.